The number of benzene rings is 2. The molecule has 0 aliphatic carbocycles. The highest BCUT2D eigenvalue weighted by atomic mass is 14.6. The first kappa shape index (κ1) is 13.8. The number of hydrogen-bond donors (Lipinski definition) is 1. The molecule has 0 radical (unpaired) electrons. The van der Waals surface area contributed by atoms with Crippen LogP contribution in [0.15, 0.2) is 48.5 Å². The molecule has 0 bridgehead atoms. The van der Waals surface area contributed by atoms with E-state index in [9.17, 15) is 0 Å². The van der Waals surface area contributed by atoms with Crippen LogP contribution in [0, 0.1) is 6.92 Å². The zero-order chi connectivity index (χ0) is 13.7. The van der Waals surface area contributed by atoms with Gasteiger partial charge < -0.3 is 5.73 Å². The van der Waals surface area contributed by atoms with Crippen molar-refractivity contribution in [1.29, 1.82) is 0 Å². The van der Waals surface area contributed by atoms with E-state index in [1.807, 2.05) is 0 Å². The first-order valence-corrected chi connectivity index (χ1v) is 7.07. The molecule has 0 aliphatic rings. The van der Waals surface area contributed by atoms with E-state index in [1.54, 1.807) is 0 Å². The van der Waals surface area contributed by atoms with E-state index in [1.165, 1.54) is 22.3 Å². The lowest BCUT2D eigenvalue weighted by molar-refractivity contribution is 0.662. The van der Waals surface area contributed by atoms with Crippen LogP contribution in [-0.4, -0.2) is 6.04 Å². The van der Waals surface area contributed by atoms with Crippen LogP contribution in [0.3, 0.4) is 0 Å². The summed E-state index contributed by atoms with van der Waals surface area (Å²) in [5, 5.41) is 0. The average molecular weight is 253 g/mol. The molecule has 2 rings (SSSR count). The Morgan fingerprint density at radius 3 is 2.16 bits per heavy atom. The summed E-state index contributed by atoms with van der Waals surface area (Å²) in [6.45, 7) is 4.33. The van der Waals surface area contributed by atoms with Crippen molar-refractivity contribution >= 4 is 0 Å². The predicted molar refractivity (Wildman–Crippen MR) is 82.4 cm³/mol. The molecule has 1 unspecified atom stereocenters. The molecule has 2 aromatic carbocycles. The van der Waals surface area contributed by atoms with Crippen LogP contribution in [0.4, 0.5) is 0 Å². The number of aryl methyl sites for hydroxylation is 2. The third-order valence-electron chi connectivity index (χ3n) is 3.67. The lowest BCUT2D eigenvalue weighted by atomic mass is 9.96. The molecule has 2 N–H and O–H groups in total. The van der Waals surface area contributed by atoms with Gasteiger partial charge in [-0.25, -0.2) is 0 Å². The molecule has 0 fully saturated rings. The van der Waals surface area contributed by atoms with Gasteiger partial charge in [0, 0.05) is 6.04 Å². The Morgan fingerprint density at radius 2 is 1.53 bits per heavy atom. The van der Waals surface area contributed by atoms with E-state index < -0.39 is 0 Å². The quantitative estimate of drug-likeness (QED) is 0.864. The van der Waals surface area contributed by atoms with Crippen LogP contribution < -0.4 is 5.73 Å². The van der Waals surface area contributed by atoms with Crippen LogP contribution >= 0.6 is 0 Å². The van der Waals surface area contributed by atoms with E-state index in [0.717, 1.165) is 19.3 Å². The van der Waals surface area contributed by atoms with Gasteiger partial charge in [0.1, 0.15) is 0 Å². The van der Waals surface area contributed by atoms with Crippen LogP contribution in [0.5, 0.6) is 0 Å². The standard InChI is InChI=1S/C18H23N/c1-3-15-8-10-16(11-9-15)12-18(19)13-17-7-5-4-6-14(17)2/h4-11,18H,3,12-13,19H2,1-2H3. The second-order valence-electron chi connectivity index (χ2n) is 5.26. The highest BCUT2D eigenvalue weighted by Gasteiger charge is 2.07. The molecule has 100 valence electrons. The predicted octanol–water partition coefficient (Wildman–Crippen LogP) is 3.67. The molecule has 0 amide bonds. The Kier molecular flexibility index (Phi) is 4.75. The minimum atomic E-state index is 0.188. The van der Waals surface area contributed by atoms with Crippen molar-refractivity contribution < 1.29 is 0 Å². The first-order valence-electron chi connectivity index (χ1n) is 7.07. The smallest absolute Gasteiger partial charge is 0.0120 e. The highest BCUT2D eigenvalue weighted by molar-refractivity contribution is 5.27. The van der Waals surface area contributed by atoms with E-state index in [0.29, 0.717) is 0 Å². The largest absolute Gasteiger partial charge is 0.327 e. The fraction of sp³-hybridized carbons (Fsp3) is 0.333. The van der Waals surface area contributed by atoms with Gasteiger partial charge >= 0.3 is 0 Å². The van der Waals surface area contributed by atoms with E-state index >= 15 is 0 Å². The molecular formula is C18H23N. The van der Waals surface area contributed by atoms with Gasteiger partial charge in [-0.05, 0) is 48.4 Å². The maximum atomic E-state index is 6.28. The first-order chi connectivity index (χ1) is 9.19. The molecule has 19 heavy (non-hydrogen) atoms. The molecule has 1 heteroatoms. The Bertz CT molecular complexity index is 513. The molecule has 1 nitrogen and oxygen atoms in total. The van der Waals surface area contributed by atoms with Crippen molar-refractivity contribution in [2.75, 3.05) is 0 Å². The molecule has 2 aromatic rings. The minimum absolute atomic E-state index is 0.188. The molecule has 0 aromatic heterocycles. The summed E-state index contributed by atoms with van der Waals surface area (Å²) in [5.74, 6) is 0. The molecule has 1 atom stereocenters. The third kappa shape index (κ3) is 3.93. The summed E-state index contributed by atoms with van der Waals surface area (Å²) in [4.78, 5) is 0. The van der Waals surface area contributed by atoms with Crippen LogP contribution in [0.2, 0.25) is 0 Å². The van der Waals surface area contributed by atoms with Crippen molar-refractivity contribution in [1.82, 2.24) is 0 Å². The van der Waals surface area contributed by atoms with Gasteiger partial charge in [0.05, 0.1) is 0 Å². The van der Waals surface area contributed by atoms with Gasteiger partial charge in [0.25, 0.3) is 0 Å². The molecule has 0 heterocycles. The molecule has 0 spiro atoms. The Hall–Kier alpha value is -1.60. The molecule has 0 aliphatic heterocycles. The van der Waals surface area contributed by atoms with Crippen molar-refractivity contribution in [3.05, 3.63) is 70.8 Å². The lowest BCUT2D eigenvalue weighted by Crippen LogP contribution is -2.25. The molecular weight excluding hydrogens is 230 g/mol. The van der Waals surface area contributed by atoms with Crippen LogP contribution in [-0.2, 0) is 19.3 Å². The van der Waals surface area contributed by atoms with Crippen molar-refractivity contribution in [3.63, 3.8) is 0 Å². The summed E-state index contributed by atoms with van der Waals surface area (Å²) in [6.07, 6.45) is 2.98. The summed E-state index contributed by atoms with van der Waals surface area (Å²) in [7, 11) is 0. The van der Waals surface area contributed by atoms with Gasteiger partial charge in [0.2, 0.25) is 0 Å². The molecule has 0 saturated heterocycles. The summed E-state index contributed by atoms with van der Waals surface area (Å²) in [5.41, 5.74) is 11.7. The normalized spacial score (nSPS) is 12.4. The van der Waals surface area contributed by atoms with Crippen LogP contribution in [0.1, 0.15) is 29.2 Å². The fourth-order valence-electron chi connectivity index (χ4n) is 2.41. The third-order valence-corrected chi connectivity index (χ3v) is 3.67. The maximum absolute atomic E-state index is 6.28. The Morgan fingerprint density at radius 1 is 0.895 bits per heavy atom. The topological polar surface area (TPSA) is 26.0 Å². The molecule has 0 saturated carbocycles. The summed E-state index contributed by atoms with van der Waals surface area (Å²) >= 11 is 0. The highest BCUT2D eigenvalue weighted by Crippen LogP contribution is 2.12. The van der Waals surface area contributed by atoms with Crippen molar-refractivity contribution in [2.24, 2.45) is 5.73 Å². The SMILES string of the molecule is CCc1ccc(CC(N)Cc2ccccc2C)cc1. The number of hydrogen-bond acceptors (Lipinski definition) is 1. The van der Waals surface area contributed by atoms with Crippen molar-refractivity contribution in [2.45, 2.75) is 39.2 Å². The monoisotopic (exact) mass is 253 g/mol. The van der Waals surface area contributed by atoms with Gasteiger partial charge in [0.15, 0.2) is 0 Å². The van der Waals surface area contributed by atoms with Gasteiger partial charge in [-0.2, -0.15) is 0 Å². The fourth-order valence-corrected chi connectivity index (χ4v) is 2.41. The summed E-state index contributed by atoms with van der Waals surface area (Å²) < 4.78 is 0. The zero-order valence-corrected chi connectivity index (χ0v) is 11.9. The zero-order valence-electron chi connectivity index (χ0n) is 11.9. The van der Waals surface area contributed by atoms with E-state index in [4.69, 9.17) is 5.73 Å². The number of rotatable bonds is 5. The summed E-state index contributed by atoms with van der Waals surface area (Å²) in [6, 6.07) is 17.5. The van der Waals surface area contributed by atoms with Crippen molar-refractivity contribution in [3.8, 4) is 0 Å². The Balaban J connectivity index is 1.97. The average Bonchev–Trinajstić information content (AvgIpc) is 2.42. The van der Waals surface area contributed by atoms with Crippen LogP contribution in [0.25, 0.3) is 0 Å². The minimum Gasteiger partial charge on any atom is -0.327 e. The Labute approximate surface area is 116 Å². The van der Waals surface area contributed by atoms with Gasteiger partial charge in [-0.15, -0.1) is 0 Å². The lowest BCUT2D eigenvalue weighted by Gasteiger charge is -2.13. The van der Waals surface area contributed by atoms with Gasteiger partial charge in [-0.3, -0.25) is 0 Å². The van der Waals surface area contributed by atoms with Gasteiger partial charge in [-0.1, -0.05) is 55.5 Å². The maximum Gasteiger partial charge on any atom is 0.0120 e. The van der Waals surface area contributed by atoms with E-state index in [2.05, 4.69) is 62.4 Å². The second kappa shape index (κ2) is 6.53. The second-order valence-corrected chi connectivity index (χ2v) is 5.26. The number of nitrogens with two attached hydrogens (primary N) is 1. The van der Waals surface area contributed by atoms with E-state index in [-0.39, 0.29) is 6.04 Å².